The summed E-state index contributed by atoms with van der Waals surface area (Å²) in [5.41, 5.74) is 2.07. The predicted octanol–water partition coefficient (Wildman–Crippen LogP) is 0.0594. The monoisotopic (exact) mass is 487 g/mol. The molecule has 0 aromatic carbocycles. The minimum absolute atomic E-state index is 0.142. The number of anilines is 1. The van der Waals surface area contributed by atoms with Gasteiger partial charge in [-0.2, -0.15) is 0 Å². The predicted molar refractivity (Wildman–Crippen MR) is 125 cm³/mol. The number of hydrogen-bond donors (Lipinski definition) is 3. The second-order valence-corrected chi connectivity index (χ2v) is 8.51. The molecule has 0 radical (unpaired) electrons. The van der Waals surface area contributed by atoms with Crippen LogP contribution in [0, 0.1) is 0 Å². The first kappa shape index (κ1) is 25.1. The van der Waals surface area contributed by atoms with Gasteiger partial charge in [-0.3, -0.25) is 19.2 Å². The maximum absolute atomic E-state index is 12.8. The summed E-state index contributed by atoms with van der Waals surface area (Å²) in [6, 6.07) is 5.32. The van der Waals surface area contributed by atoms with Crippen LogP contribution in [-0.4, -0.2) is 83.7 Å². The lowest BCUT2D eigenvalue weighted by Gasteiger charge is -2.25. The molecule has 1 unspecified atom stereocenters. The second kappa shape index (κ2) is 11.0. The molecule has 0 saturated heterocycles. The Bertz CT molecular complexity index is 1090. The van der Waals surface area contributed by atoms with Gasteiger partial charge >= 0.3 is 11.8 Å². The van der Waals surface area contributed by atoms with Crippen LogP contribution in [0.4, 0.5) is 5.82 Å². The van der Waals surface area contributed by atoms with Gasteiger partial charge < -0.3 is 25.8 Å². The lowest BCUT2D eigenvalue weighted by atomic mass is 10.0. The molecule has 12 heteroatoms. The van der Waals surface area contributed by atoms with E-state index in [-0.39, 0.29) is 18.1 Å². The van der Waals surface area contributed by atoms with Crippen LogP contribution in [-0.2, 0) is 27.3 Å². The molecule has 0 aliphatic carbocycles. The number of hydrogen-bond acceptors (Lipinski definition) is 7. The van der Waals surface area contributed by atoms with Crippen molar-refractivity contribution in [3.63, 3.8) is 0 Å². The van der Waals surface area contributed by atoms with Crippen molar-refractivity contribution in [3.05, 3.63) is 52.4 Å². The summed E-state index contributed by atoms with van der Waals surface area (Å²) in [6.07, 6.45) is 2.17. The van der Waals surface area contributed by atoms with Crippen LogP contribution in [0.5, 0.6) is 0 Å². The average molecular weight is 488 g/mol. The highest BCUT2D eigenvalue weighted by Gasteiger charge is 2.26. The van der Waals surface area contributed by atoms with Gasteiger partial charge in [0.2, 0.25) is 5.91 Å². The molecular formula is C22H26ClN7O4. The third kappa shape index (κ3) is 6.49. The van der Waals surface area contributed by atoms with E-state index in [1.54, 1.807) is 6.07 Å². The van der Waals surface area contributed by atoms with Gasteiger partial charge in [0.15, 0.2) is 0 Å². The Kier molecular flexibility index (Phi) is 8.13. The molecule has 34 heavy (non-hydrogen) atoms. The first-order valence-corrected chi connectivity index (χ1v) is 10.9. The highest BCUT2D eigenvalue weighted by Crippen LogP contribution is 2.16. The molecule has 1 atom stereocenters. The zero-order valence-electron chi connectivity index (χ0n) is 19.1. The molecule has 3 heterocycles. The number of halogens is 1. The molecule has 2 aromatic heterocycles. The number of pyridine rings is 2. The normalized spacial score (nSPS) is 13.9. The van der Waals surface area contributed by atoms with E-state index in [0.717, 1.165) is 24.2 Å². The summed E-state index contributed by atoms with van der Waals surface area (Å²) in [6.45, 7) is 1.25. The largest absolute Gasteiger partial charge is 0.347 e. The smallest absolute Gasteiger partial charge is 0.314 e. The first-order chi connectivity index (χ1) is 16.1. The van der Waals surface area contributed by atoms with Gasteiger partial charge in [-0.05, 0) is 37.2 Å². The third-order valence-corrected chi connectivity index (χ3v) is 5.39. The third-order valence-electron chi connectivity index (χ3n) is 5.17. The molecular weight excluding hydrogens is 462 g/mol. The fraction of sp³-hybridized carbons (Fsp3) is 0.364. The van der Waals surface area contributed by atoms with Gasteiger partial charge in [-0.25, -0.2) is 9.97 Å². The average Bonchev–Trinajstić information content (AvgIpc) is 2.81. The van der Waals surface area contributed by atoms with Crippen molar-refractivity contribution < 1.29 is 19.2 Å². The van der Waals surface area contributed by atoms with Crippen molar-refractivity contribution >= 4 is 41.0 Å². The van der Waals surface area contributed by atoms with Crippen molar-refractivity contribution in [3.8, 4) is 0 Å². The van der Waals surface area contributed by atoms with Crippen LogP contribution in [0.15, 0.2) is 30.5 Å². The molecule has 3 rings (SSSR count). The van der Waals surface area contributed by atoms with E-state index in [2.05, 4.69) is 30.8 Å². The SMILES string of the molecule is CN1CCc2ccc(C(=O)NC(CNC(=O)C(=O)Nc3ccc(Cl)cn3)C(=O)N(C)C)nc2C1. The maximum atomic E-state index is 12.8. The van der Waals surface area contributed by atoms with Crippen molar-refractivity contribution in [2.75, 3.05) is 39.5 Å². The van der Waals surface area contributed by atoms with E-state index in [1.807, 2.05) is 13.1 Å². The molecule has 0 spiro atoms. The van der Waals surface area contributed by atoms with E-state index >= 15 is 0 Å². The Morgan fingerprint density at radius 1 is 1.15 bits per heavy atom. The lowest BCUT2D eigenvalue weighted by molar-refractivity contribution is -0.136. The van der Waals surface area contributed by atoms with Crippen molar-refractivity contribution in [2.24, 2.45) is 0 Å². The Balaban J connectivity index is 1.64. The van der Waals surface area contributed by atoms with E-state index < -0.39 is 29.7 Å². The molecule has 1 aliphatic rings. The fourth-order valence-corrected chi connectivity index (χ4v) is 3.42. The van der Waals surface area contributed by atoms with Gasteiger partial charge in [0.1, 0.15) is 17.6 Å². The standard InChI is InChI=1S/C22H26ClN7O4/c1-29(2)22(34)16(11-25-20(32)21(33)28-18-7-5-14(23)10-24-18)27-19(31)15-6-4-13-8-9-30(3)12-17(13)26-15/h4-7,10,16H,8-9,11-12H2,1-3H3,(H,25,32)(H,27,31)(H,24,28,33). The number of nitrogens with one attached hydrogen (secondary N) is 3. The van der Waals surface area contributed by atoms with E-state index in [1.165, 1.54) is 37.3 Å². The summed E-state index contributed by atoms with van der Waals surface area (Å²) in [5.74, 6) is -2.83. The fourth-order valence-electron chi connectivity index (χ4n) is 3.31. The number of rotatable bonds is 6. The molecule has 4 amide bonds. The van der Waals surface area contributed by atoms with E-state index in [4.69, 9.17) is 11.6 Å². The van der Waals surface area contributed by atoms with Crippen LogP contribution in [0.25, 0.3) is 0 Å². The summed E-state index contributed by atoms with van der Waals surface area (Å²) in [4.78, 5) is 61.5. The van der Waals surface area contributed by atoms with Crippen molar-refractivity contribution in [1.29, 1.82) is 0 Å². The quantitative estimate of drug-likeness (QED) is 0.490. The van der Waals surface area contributed by atoms with Crippen molar-refractivity contribution in [1.82, 2.24) is 30.4 Å². The van der Waals surface area contributed by atoms with E-state index in [9.17, 15) is 19.2 Å². The number of aromatic nitrogens is 2. The Morgan fingerprint density at radius 2 is 1.91 bits per heavy atom. The lowest BCUT2D eigenvalue weighted by Crippen LogP contribution is -2.53. The van der Waals surface area contributed by atoms with Crippen molar-refractivity contribution in [2.45, 2.75) is 19.0 Å². The van der Waals surface area contributed by atoms with Gasteiger partial charge in [-0.1, -0.05) is 17.7 Å². The Morgan fingerprint density at radius 3 is 2.59 bits per heavy atom. The highest BCUT2D eigenvalue weighted by atomic mass is 35.5. The second-order valence-electron chi connectivity index (χ2n) is 8.07. The number of nitrogens with zero attached hydrogens (tertiary/aromatic N) is 4. The number of carbonyl (C=O) groups excluding carboxylic acids is 4. The first-order valence-electron chi connectivity index (χ1n) is 10.5. The molecule has 1 aliphatic heterocycles. The van der Waals surface area contributed by atoms with Crippen LogP contribution in [0.2, 0.25) is 5.02 Å². The minimum Gasteiger partial charge on any atom is -0.347 e. The van der Waals surface area contributed by atoms with Crippen LogP contribution >= 0.6 is 11.6 Å². The number of carbonyl (C=O) groups is 4. The van der Waals surface area contributed by atoms with Crippen LogP contribution in [0.1, 0.15) is 21.7 Å². The zero-order valence-corrected chi connectivity index (χ0v) is 19.8. The maximum Gasteiger partial charge on any atom is 0.314 e. The number of likely N-dealkylation sites (N-methyl/N-ethyl adjacent to an activating group) is 2. The number of amides is 4. The summed E-state index contributed by atoms with van der Waals surface area (Å²) in [5, 5.41) is 7.68. The molecule has 0 bridgehead atoms. The van der Waals surface area contributed by atoms with Crippen LogP contribution < -0.4 is 16.0 Å². The van der Waals surface area contributed by atoms with Crippen LogP contribution in [0.3, 0.4) is 0 Å². The minimum atomic E-state index is -1.10. The number of fused-ring (bicyclic) bond motifs is 1. The highest BCUT2D eigenvalue weighted by molar-refractivity contribution is 6.39. The topological polar surface area (TPSA) is 137 Å². The summed E-state index contributed by atoms with van der Waals surface area (Å²) < 4.78 is 0. The van der Waals surface area contributed by atoms with Gasteiger partial charge in [0.05, 0.1) is 10.7 Å². The zero-order chi connectivity index (χ0) is 24.8. The van der Waals surface area contributed by atoms with Gasteiger partial charge in [0.25, 0.3) is 5.91 Å². The molecule has 2 aromatic rings. The summed E-state index contributed by atoms with van der Waals surface area (Å²) in [7, 11) is 5.02. The molecule has 3 N–H and O–H groups in total. The van der Waals surface area contributed by atoms with Gasteiger partial charge in [0, 0.05) is 39.9 Å². The Hall–Kier alpha value is -3.57. The molecule has 11 nitrogen and oxygen atoms in total. The summed E-state index contributed by atoms with van der Waals surface area (Å²) >= 11 is 5.75. The Labute approximate surface area is 201 Å². The van der Waals surface area contributed by atoms with Gasteiger partial charge in [-0.15, -0.1) is 0 Å². The molecule has 180 valence electrons. The molecule has 0 fully saturated rings. The van der Waals surface area contributed by atoms with E-state index in [0.29, 0.717) is 11.6 Å². The molecule has 0 saturated carbocycles.